The van der Waals surface area contributed by atoms with Crippen LogP contribution in [0.5, 0.6) is 11.5 Å². The van der Waals surface area contributed by atoms with Crippen molar-refractivity contribution in [3.8, 4) is 11.5 Å². The van der Waals surface area contributed by atoms with Gasteiger partial charge in [-0.1, -0.05) is 34.1 Å². The van der Waals surface area contributed by atoms with Crippen molar-refractivity contribution >= 4 is 37.4 Å². The lowest BCUT2D eigenvalue weighted by Gasteiger charge is -2.21. The van der Waals surface area contributed by atoms with E-state index in [9.17, 15) is 0 Å². The van der Waals surface area contributed by atoms with Crippen molar-refractivity contribution in [1.29, 1.82) is 0 Å². The second-order valence-corrected chi connectivity index (χ2v) is 7.43. The predicted octanol–water partition coefficient (Wildman–Crippen LogP) is 4.72. The van der Waals surface area contributed by atoms with Crippen LogP contribution < -0.4 is 14.8 Å². The molecule has 0 spiro atoms. The minimum atomic E-state index is 0.619. The summed E-state index contributed by atoms with van der Waals surface area (Å²) in [5.41, 5.74) is 1.14. The molecule has 0 aliphatic carbocycles. The van der Waals surface area contributed by atoms with E-state index < -0.39 is 0 Å². The van der Waals surface area contributed by atoms with Crippen molar-refractivity contribution in [2.24, 2.45) is 0 Å². The monoisotopic (exact) mass is 389 g/mol. The van der Waals surface area contributed by atoms with Gasteiger partial charge in [0.05, 0.1) is 0 Å². The Hall–Kier alpha value is -1.56. The molecule has 23 heavy (non-hydrogen) atoms. The number of benzene rings is 2. The molecule has 1 aliphatic rings. The van der Waals surface area contributed by atoms with Crippen molar-refractivity contribution in [2.45, 2.75) is 13.1 Å². The van der Waals surface area contributed by atoms with Crippen molar-refractivity contribution < 1.29 is 9.47 Å². The molecule has 4 rings (SSSR count). The number of para-hydroxylation sites is 1. The highest BCUT2D eigenvalue weighted by Gasteiger charge is 2.15. The van der Waals surface area contributed by atoms with Gasteiger partial charge in [-0.05, 0) is 24.3 Å². The van der Waals surface area contributed by atoms with E-state index >= 15 is 0 Å². The largest absolute Gasteiger partial charge is 0.486 e. The smallest absolute Gasteiger partial charge is 0.165 e. The van der Waals surface area contributed by atoms with E-state index in [2.05, 4.69) is 51.6 Å². The first-order valence-corrected chi connectivity index (χ1v) is 9.17. The second-order valence-electron chi connectivity index (χ2n) is 5.41. The minimum Gasteiger partial charge on any atom is -0.486 e. The standard InChI is InChI=1S/C18H16BrNO2S/c19-15-4-2-6-17-14(15)9-13(23-17)11-20-10-12-3-1-5-16-18(12)22-8-7-21-16/h1-6,9,20H,7-8,10-11H2. The maximum atomic E-state index is 5.75. The van der Waals surface area contributed by atoms with Gasteiger partial charge in [0, 0.05) is 38.1 Å². The molecule has 3 nitrogen and oxygen atoms in total. The Kier molecular flexibility index (Phi) is 4.25. The molecule has 0 bridgehead atoms. The van der Waals surface area contributed by atoms with Gasteiger partial charge in [-0.3, -0.25) is 0 Å². The Bertz CT molecular complexity index is 846. The van der Waals surface area contributed by atoms with Crippen LogP contribution in [-0.2, 0) is 13.1 Å². The van der Waals surface area contributed by atoms with Crippen LogP contribution in [0.2, 0.25) is 0 Å². The van der Waals surface area contributed by atoms with Crippen molar-refractivity contribution in [2.75, 3.05) is 13.2 Å². The van der Waals surface area contributed by atoms with Crippen LogP contribution in [-0.4, -0.2) is 13.2 Å². The van der Waals surface area contributed by atoms with Gasteiger partial charge in [0.15, 0.2) is 11.5 Å². The molecule has 1 aliphatic heterocycles. The van der Waals surface area contributed by atoms with Crippen molar-refractivity contribution in [3.63, 3.8) is 0 Å². The molecular formula is C18H16BrNO2S. The Balaban J connectivity index is 1.46. The molecule has 3 aromatic rings. The van der Waals surface area contributed by atoms with Crippen LogP contribution >= 0.6 is 27.3 Å². The van der Waals surface area contributed by atoms with Crippen LogP contribution in [0.1, 0.15) is 10.4 Å². The average molecular weight is 390 g/mol. The van der Waals surface area contributed by atoms with Gasteiger partial charge in [-0.15, -0.1) is 11.3 Å². The molecule has 5 heteroatoms. The van der Waals surface area contributed by atoms with Gasteiger partial charge in [0.1, 0.15) is 13.2 Å². The van der Waals surface area contributed by atoms with E-state index in [0.717, 1.165) is 34.6 Å². The van der Waals surface area contributed by atoms with E-state index in [1.54, 1.807) is 0 Å². The first kappa shape index (κ1) is 15.0. The molecule has 2 heterocycles. The van der Waals surface area contributed by atoms with Crippen LogP contribution in [0.3, 0.4) is 0 Å². The third-order valence-electron chi connectivity index (χ3n) is 3.82. The zero-order chi connectivity index (χ0) is 15.6. The van der Waals surface area contributed by atoms with Gasteiger partial charge in [-0.2, -0.15) is 0 Å². The molecule has 118 valence electrons. The number of thiophene rings is 1. The van der Waals surface area contributed by atoms with Gasteiger partial charge in [-0.25, -0.2) is 0 Å². The zero-order valence-electron chi connectivity index (χ0n) is 12.5. The fraction of sp³-hybridized carbons (Fsp3) is 0.222. The quantitative estimate of drug-likeness (QED) is 0.699. The third-order valence-corrected chi connectivity index (χ3v) is 5.61. The van der Waals surface area contributed by atoms with Crippen LogP contribution in [0.4, 0.5) is 0 Å². The summed E-state index contributed by atoms with van der Waals surface area (Å²) in [4.78, 5) is 1.33. The first-order chi connectivity index (χ1) is 11.3. The number of ether oxygens (including phenoxy) is 2. The number of nitrogens with one attached hydrogen (secondary N) is 1. The number of rotatable bonds is 4. The number of halogens is 1. The zero-order valence-corrected chi connectivity index (χ0v) is 14.9. The SMILES string of the molecule is Brc1cccc2sc(CNCc3cccc4c3OCCO4)cc12. The maximum Gasteiger partial charge on any atom is 0.165 e. The lowest BCUT2D eigenvalue weighted by molar-refractivity contribution is 0.169. The molecular weight excluding hydrogens is 374 g/mol. The molecule has 0 radical (unpaired) electrons. The molecule has 1 aromatic heterocycles. The van der Waals surface area contributed by atoms with Gasteiger partial charge < -0.3 is 14.8 Å². The average Bonchev–Trinajstić information content (AvgIpc) is 3.00. The Morgan fingerprint density at radius 2 is 1.91 bits per heavy atom. The summed E-state index contributed by atoms with van der Waals surface area (Å²) < 4.78 is 13.8. The summed E-state index contributed by atoms with van der Waals surface area (Å²) in [7, 11) is 0. The number of hydrogen-bond donors (Lipinski definition) is 1. The van der Waals surface area contributed by atoms with Gasteiger partial charge >= 0.3 is 0 Å². The summed E-state index contributed by atoms with van der Waals surface area (Å²) >= 11 is 5.44. The molecule has 0 saturated heterocycles. The molecule has 0 saturated carbocycles. The predicted molar refractivity (Wildman–Crippen MR) is 97.5 cm³/mol. The molecule has 2 aromatic carbocycles. The van der Waals surface area contributed by atoms with E-state index in [1.165, 1.54) is 15.0 Å². The van der Waals surface area contributed by atoms with Crippen molar-refractivity contribution in [1.82, 2.24) is 5.32 Å². The Morgan fingerprint density at radius 3 is 2.83 bits per heavy atom. The normalized spacial score (nSPS) is 13.4. The van der Waals surface area contributed by atoms with Crippen LogP contribution in [0, 0.1) is 0 Å². The summed E-state index contributed by atoms with van der Waals surface area (Å²) in [6, 6.07) is 14.6. The van der Waals surface area contributed by atoms with E-state index in [0.29, 0.717) is 13.2 Å². The van der Waals surface area contributed by atoms with E-state index in [1.807, 2.05) is 23.5 Å². The number of hydrogen-bond acceptors (Lipinski definition) is 4. The lowest BCUT2D eigenvalue weighted by atomic mass is 10.1. The highest BCUT2D eigenvalue weighted by atomic mass is 79.9. The molecule has 0 amide bonds. The molecule has 0 unspecified atom stereocenters. The van der Waals surface area contributed by atoms with Crippen LogP contribution in [0.15, 0.2) is 46.9 Å². The summed E-state index contributed by atoms with van der Waals surface area (Å²) in [6.45, 7) is 2.85. The summed E-state index contributed by atoms with van der Waals surface area (Å²) in [5.74, 6) is 1.73. The third kappa shape index (κ3) is 3.09. The van der Waals surface area contributed by atoms with E-state index in [4.69, 9.17) is 9.47 Å². The van der Waals surface area contributed by atoms with Gasteiger partial charge in [0.2, 0.25) is 0 Å². The maximum absolute atomic E-state index is 5.75. The Morgan fingerprint density at radius 1 is 1.04 bits per heavy atom. The summed E-state index contributed by atoms with van der Waals surface area (Å²) in [5, 5.41) is 4.79. The first-order valence-electron chi connectivity index (χ1n) is 7.56. The van der Waals surface area contributed by atoms with Gasteiger partial charge in [0.25, 0.3) is 0 Å². The fourth-order valence-electron chi connectivity index (χ4n) is 2.76. The topological polar surface area (TPSA) is 30.5 Å². The molecule has 0 fully saturated rings. The number of fused-ring (bicyclic) bond motifs is 2. The lowest BCUT2D eigenvalue weighted by Crippen LogP contribution is -2.19. The van der Waals surface area contributed by atoms with Crippen molar-refractivity contribution in [3.05, 3.63) is 57.4 Å². The highest BCUT2D eigenvalue weighted by molar-refractivity contribution is 9.10. The Labute approximate surface area is 147 Å². The minimum absolute atomic E-state index is 0.619. The van der Waals surface area contributed by atoms with Crippen LogP contribution in [0.25, 0.3) is 10.1 Å². The van der Waals surface area contributed by atoms with E-state index in [-0.39, 0.29) is 0 Å². The highest BCUT2D eigenvalue weighted by Crippen LogP contribution is 2.34. The second kappa shape index (κ2) is 6.51. The molecule has 0 atom stereocenters. The summed E-state index contributed by atoms with van der Waals surface area (Å²) in [6.07, 6.45) is 0. The molecule has 1 N–H and O–H groups in total. The fourth-order valence-corrected chi connectivity index (χ4v) is 4.43.